The van der Waals surface area contributed by atoms with Crippen LogP contribution in [0.25, 0.3) is 0 Å². The van der Waals surface area contributed by atoms with Gasteiger partial charge in [-0.1, -0.05) is 29.8 Å². The van der Waals surface area contributed by atoms with Crippen LogP contribution in [0.15, 0.2) is 24.3 Å². The summed E-state index contributed by atoms with van der Waals surface area (Å²) < 4.78 is 0. The van der Waals surface area contributed by atoms with E-state index in [1.807, 2.05) is 48.5 Å². The van der Waals surface area contributed by atoms with Gasteiger partial charge in [-0.15, -0.1) is 0 Å². The largest absolute Gasteiger partial charge is 0.341 e. The van der Waals surface area contributed by atoms with Gasteiger partial charge in [0, 0.05) is 13.1 Å². The third kappa shape index (κ3) is 3.62. The summed E-state index contributed by atoms with van der Waals surface area (Å²) in [4.78, 5) is 27.2. The van der Waals surface area contributed by atoms with Crippen molar-refractivity contribution in [2.24, 2.45) is 11.8 Å². The van der Waals surface area contributed by atoms with Gasteiger partial charge in [-0.05, 0) is 57.7 Å². The summed E-state index contributed by atoms with van der Waals surface area (Å²) in [6.45, 7) is 6.78. The van der Waals surface area contributed by atoms with Gasteiger partial charge in [0.1, 0.15) is 0 Å². The third-order valence-electron chi connectivity index (χ3n) is 6.15. The van der Waals surface area contributed by atoms with E-state index >= 15 is 0 Å². The van der Waals surface area contributed by atoms with E-state index in [2.05, 4.69) is 5.32 Å². The highest BCUT2D eigenvalue weighted by Gasteiger charge is 2.45. The molecule has 0 bridgehead atoms. The molecule has 2 amide bonds. The number of hydroxylamine groups is 1. The zero-order valence-corrected chi connectivity index (χ0v) is 15.6. The van der Waals surface area contributed by atoms with Gasteiger partial charge in [0.2, 0.25) is 11.8 Å². The first-order chi connectivity index (χ1) is 12.5. The Bertz CT molecular complexity index is 655. The van der Waals surface area contributed by atoms with Crippen molar-refractivity contribution in [1.82, 2.24) is 15.7 Å². The van der Waals surface area contributed by atoms with E-state index < -0.39 is 5.41 Å². The van der Waals surface area contributed by atoms with Gasteiger partial charge < -0.3 is 10.2 Å². The fourth-order valence-corrected chi connectivity index (χ4v) is 4.29. The average Bonchev–Trinajstić information content (AvgIpc) is 2.96. The molecule has 142 valence electrons. The number of likely N-dealkylation sites (tertiary alicyclic amines) is 1. The van der Waals surface area contributed by atoms with Gasteiger partial charge in [-0.25, -0.2) is 5.48 Å². The standard InChI is InChI=1S/C20H29N3O3/c1-14-3-5-16(6-4-14)20(2)9-12-23(19(20)25)13-17(18(24)22-26)15-7-10-21-11-8-15/h3-6,15,17,21,26H,7-13H2,1-2H3,(H,22,24)/t17-,20?/m1/s1. The Kier molecular flexibility index (Phi) is 5.63. The topological polar surface area (TPSA) is 81.7 Å². The molecule has 0 aromatic heterocycles. The number of hydrogen-bond acceptors (Lipinski definition) is 4. The van der Waals surface area contributed by atoms with Gasteiger partial charge in [0.25, 0.3) is 0 Å². The second kappa shape index (κ2) is 7.76. The van der Waals surface area contributed by atoms with Crippen LogP contribution in [0, 0.1) is 18.8 Å². The Balaban J connectivity index is 1.75. The fourth-order valence-electron chi connectivity index (χ4n) is 4.29. The molecule has 2 fully saturated rings. The summed E-state index contributed by atoms with van der Waals surface area (Å²) >= 11 is 0. The Hall–Kier alpha value is -1.92. The lowest BCUT2D eigenvalue weighted by Crippen LogP contribution is -2.46. The Labute approximate surface area is 154 Å². The maximum atomic E-state index is 13.2. The molecule has 2 aliphatic heterocycles. The van der Waals surface area contributed by atoms with E-state index in [1.54, 1.807) is 0 Å². The predicted molar refractivity (Wildman–Crippen MR) is 98.7 cm³/mol. The molecule has 3 rings (SSSR count). The monoisotopic (exact) mass is 359 g/mol. The lowest BCUT2D eigenvalue weighted by atomic mass is 9.80. The van der Waals surface area contributed by atoms with Crippen LogP contribution in [-0.2, 0) is 15.0 Å². The first-order valence-corrected chi connectivity index (χ1v) is 9.47. The molecule has 0 saturated carbocycles. The molecular weight excluding hydrogens is 330 g/mol. The van der Waals surface area contributed by atoms with Gasteiger partial charge in [-0.3, -0.25) is 14.8 Å². The molecule has 1 unspecified atom stereocenters. The number of nitrogens with one attached hydrogen (secondary N) is 2. The molecule has 2 atom stereocenters. The van der Waals surface area contributed by atoms with Crippen molar-refractivity contribution in [3.05, 3.63) is 35.4 Å². The number of piperidine rings is 1. The second-order valence-corrected chi connectivity index (χ2v) is 7.87. The number of hydrogen-bond donors (Lipinski definition) is 3. The molecule has 2 aliphatic rings. The van der Waals surface area contributed by atoms with Crippen molar-refractivity contribution in [3.63, 3.8) is 0 Å². The predicted octanol–water partition coefficient (Wildman–Crippen LogP) is 1.61. The van der Waals surface area contributed by atoms with E-state index in [9.17, 15) is 9.59 Å². The maximum Gasteiger partial charge on any atom is 0.248 e. The number of aryl methyl sites for hydroxylation is 1. The molecule has 1 aromatic rings. The Morgan fingerprint density at radius 3 is 2.62 bits per heavy atom. The zero-order valence-electron chi connectivity index (χ0n) is 15.6. The van der Waals surface area contributed by atoms with Crippen molar-refractivity contribution in [2.75, 3.05) is 26.2 Å². The molecule has 0 radical (unpaired) electrons. The maximum absolute atomic E-state index is 13.2. The summed E-state index contributed by atoms with van der Waals surface area (Å²) in [7, 11) is 0. The molecule has 6 heteroatoms. The molecule has 2 saturated heterocycles. The second-order valence-electron chi connectivity index (χ2n) is 7.87. The number of benzene rings is 1. The SMILES string of the molecule is Cc1ccc(C2(C)CCN(C[C@@H](C(=O)NO)C3CCNCC3)C2=O)cc1. The van der Waals surface area contributed by atoms with Crippen molar-refractivity contribution in [1.29, 1.82) is 0 Å². The van der Waals surface area contributed by atoms with Crippen LogP contribution in [0.3, 0.4) is 0 Å². The molecule has 1 aromatic carbocycles. The minimum atomic E-state index is -0.540. The number of carbonyl (C=O) groups excluding carboxylic acids is 2. The highest BCUT2D eigenvalue weighted by molar-refractivity contribution is 5.90. The van der Waals surface area contributed by atoms with Crippen LogP contribution < -0.4 is 10.8 Å². The van der Waals surface area contributed by atoms with Crippen LogP contribution in [0.2, 0.25) is 0 Å². The van der Waals surface area contributed by atoms with Crippen LogP contribution in [0.4, 0.5) is 0 Å². The fraction of sp³-hybridized carbons (Fsp3) is 0.600. The summed E-state index contributed by atoms with van der Waals surface area (Å²) in [5, 5.41) is 12.5. The van der Waals surface area contributed by atoms with Gasteiger partial charge in [0.05, 0.1) is 11.3 Å². The Morgan fingerprint density at radius 1 is 1.35 bits per heavy atom. The third-order valence-corrected chi connectivity index (χ3v) is 6.15. The minimum absolute atomic E-state index is 0.0750. The van der Waals surface area contributed by atoms with Crippen LogP contribution in [-0.4, -0.2) is 48.1 Å². The van der Waals surface area contributed by atoms with Gasteiger partial charge >= 0.3 is 0 Å². The van der Waals surface area contributed by atoms with Crippen molar-refractivity contribution < 1.29 is 14.8 Å². The summed E-state index contributed by atoms with van der Waals surface area (Å²) in [6.07, 6.45) is 2.51. The smallest absolute Gasteiger partial charge is 0.248 e. The summed E-state index contributed by atoms with van der Waals surface area (Å²) in [5.74, 6) is -0.492. The number of rotatable bonds is 5. The van der Waals surface area contributed by atoms with Crippen LogP contribution in [0.1, 0.15) is 37.3 Å². The molecule has 0 spiro atoms. The van der Waals surface area contributed by atoms with E-state index in [1.165, 1.54) is 5.56 Å². The number of nitrogens with zero attached hydrogens (tertiary/aromatic N) is 1. The molecule has 2 heterocycles. The quantitative estimate of drug-likeness (QED) is 0.551. The first-order valence-electron chi connectivity index (χ1n) is 9.47. The number of amides is 2. The van der Waals surface area contributed by atoms with Gasteiger partial charge in [0.15, 0.2) is 0 Å². The molecule has 0 aliphatic carbocycles. The van der Waals surface area contributed by atoms with Crippen LogP contribution >= 0.6 is 0 Å². The van der Waals surface area contributed by atoms with E-state index in [0.717, 1.165) is 37.9 Å². The zero-order chi connectivity index (χ0) is 18.7. The van der Waals surface area contributed by atoms with Crippen LogP contribution in [0.5, 0.6) is 0 Å². The summed E-state index contributed by atoms with van der Waals surface area (Å²) in [6, 6.07) is 8.13. The molecule has 26 heavy (non-hydrogen) atoms. The van der Waals surface area contributed by atoms with Gasteiger partial charge in [-0.2, -0.15) is 0 Å². The van der Waals surface area contributed by atoms with Crippen molar-refractivity contribution in [3.8, 4) is 0 Å². The molecule has 6 nitrogen and oxygen atoms in total. The summed E-state index contributed by atoms with van der Waals surface area (Å²) in [5.41, 5.74) is 3.47. The van der Waals surface area contributed by atoms with E-state index in [0.29, 0.717) is 13.1 Å². The lowest BCUT2D eigenvalue weighted by Gasteiger charge is -2.32. The average molecular weight is 359 g/mol. The highest BCUT2D eigenvalue weighted by atomic mass is 16.5. The minimum Gasteiger partial charge on any atom is -0.341 e. The normalized spacial score (nSPS) is 25.3. The van der Waals surface area contributed by atoms with Crippen molar-refractivity contribution in [2.45, 2.75) is 38.5 Å². The molecule has 3 N–H and O–H groups in total. The lowest BCUT2D eigenvalue weighted by molar-refractivity contribution is -0.139. The first kappa shape index (κ1) is 18.9. The molecular formula is C20H29N3O3. The highest BCUT2D eigenvalue weighted by Crippen LogP contribution is 2.37. The van der Waals surface area contributed by atoms with E-state index in [4.69, 9.17) is 5.21 Å². The number of carbonyl (C=O) groups is 2. The van der Waals surface area contributed by atoms with Crippen molar-refractivity contribution >= 4 is 11.8 Å². The Morgan fingerprint density at radius 2 is 2.00 bits per heavy atom. The van der Waals surface area contributed by atoms with E-state index in [-0.39, 0.29) is 23.7 Å².